The molecular weight excluding hydrogens is 134 g/mol. The van der Waals surface area contributed by atoms with E-state index < -0.39 is 12.1 Å². The molecule has 4 nitrogen and oxygen atoms in total. The van der Waals surface area contributed by atoms with Gasteiger partial charge in [-0.25, -0.2) is 4.79 Å². The third kappa shape index (κ3) is 2.35. The number of nitrogens with zero attached hydrogens (tertiary/aromatic N) is 1. The van der Waals surface area contributed by atoms with E-state index in [2.05, 4.69) is 4.74 Å². The highest BCUT2D eigenvalue weighted by Gasteiger charge is 2.22. The normalized spacial score (nSPS) is 12.2. The fraction of sp³-hybridized carbons (Fsp3) is 0.667. The van der Waals surface area contributed by atoms with E-state index in [0.29, 0.717) is 0 Å². The highest BCUT2D eigenvalue weighted by Crippen LogP contribution is 2.05. The van der Waals surface area contributed by atoms with Crippen LogP contribution in [0.25, 0.3) is 0 Å². The molecule has 0 fully saturated rings. The Labute approximate surface area is 59.0 Å². The highest BCUT2D eigenvalue weighted by atomic mass is 16.5. The maximum Gasteiger partial charge on any atom is 0.346 e. The largest absolute Gasteiger partial charge is 0.478 e. The number of ether oxygens (including phenoxy) is 1. The zero-order valence-corrected chi connectivity index (χ0v) is 5.87. The van der Waals surface area contributed by atoms with Crippen molar-refractivity contribution < 1.29 is 14.6 Å². The molecule has 0 rings (SSSR count). The average molecular weight is 143 g/mol. The molecule has 0 radical (unpaired) electrons. The first kappa shape index (κ1) is 8.76. The maximum absolute atomic E-state index is 10.3. The molecule has 0 saturated carbocycles. The fourth-order valence-corrected chi connectivity index (χ4v) is 0.528. The first-order chi connectivity index (χ1) is 4.59. The molecule has 1 atom stereocenters. The minimum Gasteiger partial charge on any atom is -0.478 e. The van der Waals surface area contributed by atoms with Gasteiger partial charge in [0.15, 0.2) is 0 Å². The molecule has 0 heterocycles. The van der Waals surface area contributed by atoms with Gasteiger partial charge in [0.25, 0.3) is 6.26 Å². The third-order valence-corrected chi connectivity index (χ3v) is 1.03. The number of aliphatic carboxylic acids is 1. The number of carboxylic acid groups (broad SMARTS) is 1. The van der Waals surface area contributed by atoms with Crippen LogP contribution in [0.2, 0.25) is 0 Å². The SMILES string of the molecule is CC(C)C(OC#N)C(=O)O. The van der Waals surface area contributed by atoms with Crippen molar-refractivity contribution in [1.29, 1.82) is 5.26 Å². The van der Waals surface area contributed by atoms with Crippen molar-refractivity contribution in [2.75, 3.05) is 0 Å². The number of carboxylic acids is 1. The summed E-state index contributed by atoms with van der Waals surface area (Å²) in [5.41, 5.74) is 0. The van der Waals surface area contributed by atoms with Crippen LogP contribution in [0.5, 0.6) is 0 Å². The molecule has 0 bridgehead atoms. The number of hydrogen-bond acceptors (Lipinski definition) is 3. The van der Waals surface area contributed by atoms with Crippen molar-refractivity contribution >= 4 is 5.97 Å². The molecule has 0 amide bonds. The molecule has 0 aromatic rings. The Hall–Kier alpha value is -1.24. The predicted molar refractivity (Wildman–Crippen MR) is 33.0 cm³/mol. The molecule has 4 heteroatoms. The molecule has 0 aliphatic carbocycles. The summed E-state index contributed by atoms with van der Waals surface area (Å²) in [6.07, 6.45) is 0.340. The second kappa shape index (κ2) is 3.72. The van der Waals surface area contributed by atoms with Gasteiger partial charge in [-0.15, -0.1) is 0 Å². The van der Waals surface area contributed by atoms with Gasteiger partial charge in [0.1, 0.15) is 0 Å². The van der Waals surface area contributed by atoms with Gasteiger partial charge in [0.05, 0.1) is 0 Å². The molecule has 1 N–H and O–H groups in total. The summed E-state index contributed by atoms with van der Waals surface area (Å²) >= 11 is 0. The average Bonchev–Trinajstić information content (AvgIpc) is 1.81. The number of hydrogen-bond donors (Lipinski definition) is 1. The Bertz CT molecular complexity index is 159. The van der Waals surface area contributed by atoms with Crippen molar-refractivity contribution in [2.45, 2.75) is 20.0 Å². The van der Waals surface area contributed by atoms with E-state index in [1.54, 1.807) is 13.8 Å². The van der Waals surface area contributed by atoms with Gasteiger partial charge in [-0.1, -0.05) is 13.8 Å². The number of carbonyl (C=O) groups is 1. The predicted octanol–water partition coefficient (Wildman–Crippen LogP) is 0.593. The third-order valence-electron chi connectivity index (χ3n) is 1.03. The van der Waals surface area contributed by atoms with Crippen LogP contribution in [-0.2, 0) is 9.53 Å². The Morgan fingerprint density at radius 2 is 2.20 bits per heavy atom. The lowest BCUT2D eigenvalue weighted by molar-refractivity contribution is -0.148. The number of nitriles is 1. The molecule has 0 aromatic heterocycles. The van der Waals surface area contributed by atoms with Crippen molar-refractivity contribution in [2.24, 2.45) is 5.92 Å². The molecule has 56 valence electrons. The Morgan fingerprint density at radius 3 is 2.30 bits per heavy atom. The van der Waals surface area contributed by atoms with E-state index in [-0.39, 0.29) is 5.92 Å². The van der Waals surface area contributed by atoms with Crippen molar-refractivity contribution in [3.8, 4) is 6.26 Å². The number of rotatable bonds is 3. The second-order valence-electron chi connectivity index (χ2n) is 2.21. The molecule has 10 heavy (non-hydrogen) atoms. The van der Waals surface area contributed by atoms with Crippen molar-refractivity contribution in [1.82, 2.24) is 0 Å². The highest BCUT2D eigenvalue weighted by molar-refractivity contribution is 5.72. The zero-order valence-electron chi connectivity index (χ0n) is 5.87. The van der Waals surface area contributed by atoms with Crippen LogP contribution in [-0.4, -0.2) is 17.2 Å². The van der Waals surface area contributed by atoms with Crippen LogP contribution < -0.4 is 0 Å². The lowest BCUT2D eigenvalue weighted by atomic mass is 10.1. The van der Waals surface area contributed by atoms with E-state index in [1.807, 2.05) is 0 Å². The molecule has 1 unspecified atom stereocenters. The molecule has 0 aliphatic heterocycles. The van der Waals surface area contributed by atoms with Gasteiger partial charge in [-0.05, 0) is 0 Å². The van der Waals surface area contributed by atoms with Crippen LogP contribution in [0.15, 0.2) is 0 Å². The lowest BCUT2D eigenvalue weighted by Gasteiger charge is -2.11. The van der Waals surface area contributed by atoms with Crippen LogP contribution >= 0.6 is 0 Å². The van der Waals surface area contributed by atoms with Gasteiger partial charge in [0.2, 0.25) is 6.10 Å². The van der Waals surface area contributed by atoms with Crippen LogP contribution in [0.1, 0.15) is 13.8 Å². The van der Waals surface area contributed by atoms with Crippen LogP contribution in [0.3, 0.4) is 0 Å². The molecular formula is C6H9NO3. The van der Waals surface area contributed by atoms with Gasteiger partial charge < -0.3 is 9.84 Å². The standard InChI is InChI=1S/C6H9NO3/c1-4(2)5(6(8)9)10-3-7/h4-5H,1-2H3,(H,8,9). The minimum atomic E-state index is -1.10. The summed E-state index contributed by atoms with van der Waals surface area (Å²) < 4.78 is 4.27. The smallest absolute Gasteiger partial charge is 0.346 e. The monoisotopic (exact) mass is 143 g/mol. The summed E-state index contributed by atoms with van der Waals surface area (Å²) in [5, 5.41) is 16.4. The summed E-state index contributed by atoms with van der Waals surface area (Å²) in [6.45, 7) is 3.35. The quantitative estimate of drug-likeness (QED) is 0.587. The molecule has 0 aliphatic rings. The minimum absolute atomic E-state index is 0.183. The van der Waals surface area contributed by atoms with Gasteiger partial charge >= 0.3 is 5.97 Å². The summed E-state index contributed by atoms with van der Waals surface area (Å²) in [7, 11) is 0. The van der Waals surface area contributed by atoms with Crippen LogP contribution in [0.4, 0.5) is 0 Å². The lowest BCUT2D eigenvalue weighted by Crippen LogP contribution is -2.27. The fourth-order valence-electron chi connectivity index (χ4n) is 0.528. The van der Waals surface area contributed by atoms with Gasteiger partial charge in [-0.2, -0.15) is 5.26 Å². The van der Waals surface area contributed by atoms with Crippen molar-refractivity contribution in [3.05, 3.63) is 0 Å². The van der Waals surface area contributed by atoms with E-state index in [9.17, 15) is 4.79 Å². The summed E-state index contributed by atoms with van der Waals surface area (Å²) in [6, 6.07) is 0. The van der Waals surface area contributed by atoms with Gasteiger partial charge in [-0.3, -0.25) is 0 Å². The first-order valence-corrected chi connectivity index (χ1v) is 2.87. The Morgan fingerprint density at radius 1 is 1.70 bits per heavy atom. The van der Waals surface area contributed by atoms with E-state index in [1.165, 1.54) is 6.26 Å². The second-order valence-corrected chi connectivity index (χ2v) is 2.21. The molecule has 0 aromatic carbocycles. The summed E-state index contributed by atoms with van der Waals surface area (Å²) in [5.74, 6) is -1.28. The zero-order chi connectivity index (χ0) is 8.15. The van der Waals surface area contributed by atoms with E-state index in [0.717, 1.165) is 0 Å². The van der Waals surface area contributed by atoms with E-state index >= 15 is 0 Å². The van der Waals surface area contributed by atoms with E-state index in [4.69, 9.17) is 10.4 Å². The summed E-state index contributed by atoms with van der Waals surface area (Å²) in [4.78, 5) is 10.3. The Balaban J connectivity index is 4.01. The Kier molecular flexibility index (Phi) is 3.26. The molecule has 0 saturated heterocycles. The van der Waals surface area contributed by atoms with Gasteiger partial charge in [0, 0.05) is 5.92 Å². The maximum atomic E-state index is 10.3. The van der Waals surface area contributed by atoms with Crippen molar-refractivity contribution in [3.63, 3.8) is 0 Å². The first-order valence-electron chi connectivity index (χ1n) is 2.87. The van der Waals surface area contributed by atoms with Crippen LogP contribution in [0, 0.1) is 17.4 Å². The topological polar surface area (TPSA) is 70.3 Å². The molecule has 0 spiro atoms.